The van der Waals surface area contributed by atoms with Crippen LogP contribution in [0.2, 0.25) is 0 Å². The molecule has 0 aliphatic carbocycles. The minimum atomic E-state index is -0.00835. The van der Waals surface area contributed by atoms with Crippen LogP contribution in [0.5, 0.6) is 0 Å². The van der Waals surface area contributed by atoms with Crippen molar-refractivity contribution in [3.8, 4) is 0 Å². The van der Waals surface area contributed by atoms with E-state index in [2.05, 4.69) is 25.7 Å². The van der Waals surface area contributed by atoms with Crippen LogP contribution in [0.25, 0.3) is 0 Å². The average molecular weight is 238 g/mol. The van der Waals surface area contributed by atoms with E-state index in [9.17, 15) is 0 Å². The number of nitrogens with two attached hydrogens (primary N) is 2. The van der Waals surface area contributed by atoms with E-state index >= 15 is 0 Å². The van der Waals surface area contributed by atoms with Gasteiger partial charge in [0.05, 0.1) is 6.04 Å². The molecule has 4 N–H and O–H groups in total. The van der Waals surface area contributed by atoms with Gasteiger partial charge in [0, 0.05) is 23.9 Å². The number of nitrogens with zero attached hydrogens (tertiary/aromatic N) is 2. The second-order valence-electron chi connectivity index (χ2n) is 6.49. The van der Waals surface area contributed by atoms with E-state index in [1.54, 1.807) is 0 Å². The number of fused-ring (bicyclic) bond motifs is 3. The van der Waals surface area contributed by atoms with E-state index in [0.29, 0.717) is 6.04 Å². The molecule has 0 radical (unpaired) electrons. The molecule has 0 amide bonds. The van der Waals surface area contributed by atoms with E-state index < -0.39 is 0 Å². The highest BCUT2D eigenvalue weighted by molar-refractivity contribution is 5.06. The van der Waals surface area contributed by atoms with Crippen molar-refractivity contribution in [2.24, 2.45) is 22.9 Å². The monoisotopic (exact) mass is 238 g/mol. The molecule has 0 aromatic rings. The Hall–Kier alpha value is -0.740. The lowest BCUT2D eigenvalue weighted by Gasteiger charge is -2.47. The summed E-state index contributed by atoms with van der Waals surface area (Å²) in [5, 5.41) is 1.86. The summed E-state index contributed by atoms with van der Waals surface area (Å²) in [5.41, 5.74) is 6.93. The van der Waals surface area contributed by atoms with Crippen molar-refractivity contribution in [3.63, 3.8) is 0 Å². The highest BCUT2D eigenvalue weighted by Gasteiger charge is 2.36. The Bertz CT molecular complexity index is 297. The zero-order valence-electron chi connectivity index (χ0n) is 11.3. The van der Waals surface area contributed by atoms with Gasteiger partial charge < -0.3 is 15.6 Å². The van der Waals surface area contributed by atoms with Crippen molar-refractivity contribution >= 4 is 0 Å². The summed E-state index contributed by atoms with van der Waals surface area (Å²) in [6.45, 7) is 9.92. The smallest absolute Gasteiger partial charge is 0.0602 e. The van der Waals surface area contributed by atoms with Gasteiger partial charge in [-0.25, -0.2) is 5.84 Å². The Morgan fingerprint density at radius 3 is 2.29 bits per heavy atom. The Morgan fingerprint density at radius 2 is 1.88 bits per heavy atom. The van der Waals surface area contributed by atoms with Gasteiger partial charge in [0.2, 0.25) is 0 Å². The third-order valence-corrected chi connectivity index (χ3v) is 4.16. The third kappa shape index (κ3) is 2.75. The molecule has 3 rings (SSSR count). The number of hydrogen-bond donors (Lipinski definition) is 2. The molecule has 4 heteroatoms. The van der Waals surface area contributed by atoms with Crippen molar-refractivity contribution in [2.45, 2.75) is 39.7 Å². The van der Waals surface area contributed by atoms with Crippen LogP contribution in [0.3, 0.4) is 0 Å². The van der Waals surface area contributed by atoms with E-state index in [-0.39, 0.29) is 5.41 Å². The quantitative estimate of drug-likeness (QED) is 0.559. The number of allylic oxidation sites excluding steroid dienone is 1. The first-order chi connectivity index (χ1) is 7.88. The summed E-state index contributed by atoms with van der Waals surface area (Å²) >= 11 is 0. The molecule has 3 saturated heterocycles. The van der Waals surface area contributed by atoms with Crippen LogP contribution in [0, 0.1) is 11.3 Å². The van der Waals surface area contributed by atoms with Crippen molar-refractivity contribution in [1.29, 1.82) is 0 Å². The second kappa shape index (κ2) is 4.50. The van der Waals surface area contributed by atoms with Gasteiger partial charge in [-0.3, -0.25) is 0 Å². The van der Waals surface area contributed by atoms with Crippen LogP contribution in [-0.4, -0.2) is 35.6 Å². The van der Waals surface area contributed by atoms with Crippen molar-refractivity contribution in [2.75, 3.05) is 19.6 Å². The molecule has 0 aromatic carbocycles. The fourth-order valence-electron chi connectivity index (χ4n) is 2.72. The summed E-state index contributed by atoms with van der Waals surface area (Å²) in [5.74, 6) is 6.93. The zero-order valence-corrected chi connectivity index (χ0v) is 11.3. The van der Waals surface area contributed by atoms with Gasteiger partial charge in [-0.2, -0.15) is 0 Å². The lowest BCUT2D eigenvalue weighted by molar-refractivity contribution is 0.0246. The first-order valence-corrected chi connectivity index (χ1v) is 6.61. The molecule has 0 spiro atoms. The lowest BCUT2D eigenvalue weighted by atomic mass is 9.83. The first-order valence-electron chi connectivity index (χ1n) is 6.61. The van der Waals surface area contributed by atoms with Crippen molar-refractivity contribution in [1.82, 2.24) is 9.91 Å². The lowest BCUT2D eigenvalue weighted by Crippen LogP contribution is -2.58. The highest BCUT2D eigenvalue weighted by atomic mass is 15.4. The Kier molecular flexibility index (Phi) is 3.36. The number of hydrazine groups is 1. The molecule has 0 aromatic heterocycles. The molecule has 3 aliphatic rings. The Labute approximate surface area is 105 Å². The summed E-state index contributed by atoms with van der Waals surface area (Å²) < 4.78 is 0. The number of hydrogen-bond acceptors (Lipinski definition) is 4. The summed E-state index contributed by atoms with van der Waals surface area (Å²) in [6.07, 6.45) is 4.50. The van der Waals surface area contributed by atoms with E-state index in [0.717, 1.165) is 18.2 Å². The van der Waals surface area contributed by atoms with Crippen LogP contribution in [0.15, 0.2) is 11.9 Å². The number of rotatable bonds is 2. The van der Waals surface area contributed by atoms with E-state index in [1.807, 2.05) is 11.2 Å². The van der Waals surface area contributed by atoms with Gasteiger partial charge in [-0.05, 0) is 31.8 Å². The molecular formula is C13H26N4. The normalized spacial score (nSPS) is 33.9. The first kappa shape index (κ1) is 12.7. The largest absolute Gasteiger partial charge is 0.400 e. The number of piperidine rings is 3. The molecule has 2 bridgehead atoms. The topological polar surface area (TPSA) is 58.5 Å². The molecule has 1 atom stereocenters. The maximum atomic E-state index is 6.18. The molecule has 0 saturated carbocycles. The average Bonchev–Trinajstić information content (AvgIpc) is 2.29. The minimum absolute atomic E-state index is 0.00835. The maximum Gasteiger partial charge on any atom is 0.0602 e. The Morgan fingerprint density at radius 1 is 1.29 bits per heavy atom. The predicted octanol–water partition coefficient (Wildman–Crippen LogP) is 1.10. The fraction of sp³-hybridized carbons (Fsp3) is 0.846. The van der Waals surface area contributed by atoms with Gasteiger partial charge in [-0.1, -0.05) is 20.8 Å². The molecule has 17 heavy (non-hydrogen) atoms. The highest BCUT2D eigenvalue weighted by Crippen LogP contribution is 2.30. The van der Waals surface area contributed by atoms with Crippen LogP contribution < -0.4 is 11.6 Å². The molecular weight excluding hydrogens is 212 g/mol. The van der Waals surface area contributed by atoms with Crippen LogP contribution in [0.1, 0.15) is 33.6 Å². The van der Waals surface area contributed by atoms with Crippen LogP contribution in [-0.2, 0) is 0 Å². The van der Waals surface area contributed by atoms with Crippen molar-refractivity contribution < 1.29 is 0 Å². The van der Waals surface area contributed by atoms with Gasteiger partial charge in [0.15, 0.2) is 0 Å². The van der Waals surface area contributed by atoms with Crippen LogP contribution >= 0.6 is 0 Å². The summed E-state index contributed by atoms with van der Waals surface area (Å²) in [4.78, 5) is 2.51. The Balaban J connectivity index is 2.03. The predicted molar refractivity (Wildman–Crippen MR) is 70.7 cm³/mol. The minimum Gasteiger partial charge on any atom is -0.400 e. The molecule has 1 unspecified atom stereocenters. The SMILES string of the molecule is CC(C)(C)/C(N)=C/N(N)C1CN2CCC1CC2. The van der Waals surface area contributed by atoms with Crippen LogP contribution in [0.4, 0.5) is 0 Å². The van der Waals surface area contributed by atoms with E-state index in [4.69, 9.17) is 11.6 Å². The van der Waals surface area contributed by atoms with Gasteiger partial charge >= 0.3 is 0 Å². The molecule has 3 fully saturated rings. The molecule has 98 valence electrons. The molecule has 3 aliphatic heterocycles. The zero-order chi connectivity index (χ0) is 12.6. The van der Waals surface area contributed by atoms with Gasteiger partial charge in [0.1, 0.15) is 0 Å². The standard InChI is InChI=1S/C13H26N4/c1-13(2,3)12(14)9-17(15)11-8-16-6-4-10(11)5-7-16/h9-11H,4-8,14-15H2,1-3H3/b12-9-. The molecule has 3 heterocycles. The second-order valence-corrected chi connectivity index (χ2v) is 6.49. The summed E-state index contributed by atoms with van der Waals surface area (Å²) in [6, 6.07) is 0.443. The fourth-order valence-corrected chi connectivity index (χ4v) is 2.72. The summed E-state index contributed by atoms with van der Waals surface area (Å²) in [7, 11) is 0. The maximum absolute atomic E-state index is 6.18. The molecule has 4 nitrogen and oxygen atoms in total. The third-order valence-electron chi connectivity index (χ3n) is 4.16. The van der Waals surface area contributed by atoms with Crippen molar-refractivity contribution in [3.05, 3.63) is 11.9 Å². The van der Waals surface area contributed by atoms with Gasteiger partial charge in [0.25, 0.3) is 0 Å². The van der Waals surface area contributed by atoms with Gasteiger partial charge in [-0.15, -0.1) is 0 Å². The van der Waals surface area contributed by atoms with E-state index in [1.165, 1.54) is 25.9 Å².